The molecule has 0 bridgehead atoms. The highest BCUT2D eigenvalue weighted by Gasteiger charge is 1.99. The van der Waals surface area contributed by atoms with Gasteiger partial charge in [0.05, 0.1) is 5.56 Å². The van der Waals surface area contributed by atoms with Gasteiger partial charge >= 0.3 is 0 Å². The van der Waals surface area contributed by atoms with E-state index in [1.165, 1.54) is 12.1 Å². The van der Waals surface area contributed by atoms with E-state index in [0.717, 1.165) is 0 Å². The molecule has 62 valence electrons. The van der Waals surface area contributed by atoms with Crippen molar-refractivity contribution in [3.05, 3.63) is 23.8 Å². The van der Waals surface area contributed by atoms with Crippen LogP contribution in [-0.4, -0.2) is 19.2 Å². The fourth-order valence-electron chi connectivity index (χ4n) is 0.675. The Hall–Kier alpha value is -1.25. The lowest BCUT2D eigenvalue weighted by Gasteiger charge is -1.98. The van der Waals surface area contributed by atoms with Crippen LogP contribution in [0, 0.1) is 0 Å². The van der Waals surface area contributed by atoms with E-state index >= 15 is 0 Å². The molecule has 0 saturated heterocycles. The van der Waals surface area contributed by atoms with Gasteiger partial charge in [-0.1, -0.05) is 31.4 Å². The van der Waals surface area contributed by atoms with Crippen LogP contribution in [0.5, 0.6) is 5.75 Å². The molecule has 0 saturated carbocycles. The predicted molar refractivity (Wildman–Crippen MR) is 50.2 cm³/mol. The maximum absolute atomic E-state index is 10.2. The van der Waals surface area contributed by atoms with Crippen LogP contribution in [-0.2, 0) is 0 Å². The fourth-order valence-corrected chi connectivity index (χ4v) is 0.675. The molecule has 0 amide bonds. The summed E-state index contributed by atoms with van der Waals surface area (Å²) in [7, 11) is 5.29. The average molecular weight is 162 g/mol. The zero-order chi connectivity index (χ0) is 9.56. The van der Waals surface area contributed by atoms with Gasteiger partial charge in [-0.3, -0.25) is 4.79 Å². The molecule has 1 rings (SSSR count). The number of phenols is 1. The van der Waals surface area contributed by atoms with Crippen molar-refractivity contribution in [2.45, 2.75) is 13.8 Å². The first-order chi connectivity index (χ1) is 5.75. The lowest BCUT2D eigenvalue weighted by atomic mass is 9.93. The maximum atomic E-state index is 10.2. The van der Waals surface area contributed by atoms with Crippen molar-refractivity contribution >= 4 is 19.6 Å². The molecule has 0 atom stereocenters. The number of hydrogen-bond donors (Lipinski definition) is 1. The van der Waals surface area contributed by atoms with Crippen LogP contribution in [0.25, 0.3) is 0 Å². The number of benzene rings is 1. The average Bonchev–Trinajstić information content (AvgIpc) is 2.13. The summed E-state index contributed by atoms with van der Waals surface area (Å²) in [6.45, 7) is 4.00. The number of phenolic OH excluding ortho intramolecular Hbond substituents is 1. The number of carbonyl (C=O) groups excluding carboxylic acids is 1. The van der Waals surface area contributed by atoms with E-state index < -0.39 is 0 Å². The monoisotopic (exact) mass is 162 g/mol. The molecule has 1 N–H and O–H groups in total. The minimum Gasteiger partial charge on any atom is -0.508 e. The Morgan fingerprint density at radius 1 is 1.42 bits per heavy atom. The second kappa shape index (κ2) is 5.41. The van der Waals surface area contributed by atoms with Crippen LogP contribution >= 0.6 is 0 Å². The summed E-state index contributed by atoms with van der Waals surface area (Å²) in [6.07, 6.45) is 0.561. The van der Waals surface area contributed by atoms with Crippen LogP contribution in [0.2, 0.25) is 0 Å². The smallest absolute Gasteiger partial charge is 0.153 e. The van der Waals surface area contributed by atoms with Crippen LogP contribution in [0.4, 0.5) is 0 Å². The van der Waals surface area contributed by atoms with Gasteiger partial charge in [0.1, 0.15) is 13.6 Å². The van der Waals surface area contributed by atoms with Crippen molar-refractivity contribution in [2.24, 2.45) is 0 Å². The molecule has 0 aliphatic heterocycles. The molecule has 0 aromatic heterocycles. The minimum absolute atomic E-state index is 0.141. The molecule has 2 nitrogen and oxygen atoms in total. The highest BCUT2D eigenvalue weighted by molar-refractivity contribution is 6.34. The summed E-state index contributed by atoms with van der Waals surface area (Å²) in [6, 6.07) is 4.64. The van der Waals surface area contributed by atoms with Gasteiger partial charge < -0.3 is 5.11 Å². The van der Waals surface area contributed by atoms with Gasteiger partial charge in [-0.25, -0.2) is 0 Å². The summed E-state index contributed by atoms with van der Waals surface area (Å²) in [4.78, 5) is 10.2. The number of aldehydes is 1. The highest BCUT2D eigenvalue weighted by atomic mass is 16.3. The summed E-state index contributed by atoms with van der Waals surface area (Å²) >= 11 is 0. The third kappa shape index (κ3) is 2.42. The van der Waals surface area contributed by atoms with Gasteiger partial charge in [0.2, 0.25) is 0 Å². The van der Waals surface area contributed by atoms with Crippen LogP contribution < -0.4 is 5.46 Å². The summed E-state index contributed by atoms with van der Waals surface area (Å²) in [5.41, 5.74) is 0.449. The molecular formula is C9H11BO2. The van der Waals surface area contributed by atoms with Crippen LogP contribution in [0.15, 0.2) is 18.2 Å². The summed E-state index contributed by atoms with van der Waals surface area (Å²) < 4.78 is 0. The van der Waals surface area contributed by atoms with Gasteiger partial charge in [0.25, 0.3) is 0 Å². The second-order valence-corrected chi connectivity index (χ2v) is 1.90. The van der Waals surface area contributed by atoms with E-state index in [0.29, 0.717) is 6.29 Å². The minimum atomic E-state index is -0.141. The van der Waals surface area contributed by atoms with E-state index in [4.69, 9.17) is 13.0 Å². The highest BCUT2D eigenvalue weighted by Crippen LogP contribution is 2.08. The molecule has 1 aromatic rings. The van der Waals surface area contributed by atoms with E-state index in [1.54, 1.807) is 6.07 Å². The SMILES string of the molecule is CC.[B]c1cccc(C=O)c1O. The molecule has 3 heteroatoms. The van der Waals surface area contributed by atoms with Gasteiger partial charge in [-0.05, 0) is 6.07 Å². The first-order valence-electron chi connectivity index (χ1n) is 3.78. The number of aromatic hydroxyl groups is 1. The van der Waals surface area contributed by atoms with Crippen molar-refractivity contribution in [3.63, 3.8) is 0 Å². The summed E-state index contributed by atoms with van der Waals surface area (Å²) in [5, 5.41) is 9.04. The number of hydrogen-bond acceptors (Lipinski definition) is 2. The summed E-state index contributed by atoms with van der Waals surface area (Å²) in [5.74, 6) is -0.141. The number of rotatable bonds is 1. The molecular weight excluding hydrogens is 151 g/mol. The Kier molecular flexibility index (Phi) is 4.85. The van der Waals surface area contributed by atoms with E-state index in [1.807, 2.05) is 13.8 Å². The Labute approximate surface area is 73.6 Å². The van der Waals surface area contributed by atoms with Gasteiger partial charge in [0.15, 0.2) is 6.29 Å². The van der Waals surface area contributed by atoms with Crippen molar-refractivity contribution < 1.29 is 9.90 Å². The fraction of sp³-hybridized carbons (Fsp3) is 0.222. The van der Waals surface area contributed by atoms with Crippen molar-refractivity contribution in [3.8, 4) is 5.75 Å². The molecule has 1 aromatic carbocycles. The predicted octanol–water partition coefficient (Wildman–Crippen LogP) is 1.02. The Morgan fingerprint density at radius 2 is 2.00 bits per heavy atom. The Bertz CT molecular complexity index is 259. The third-order valence-electron chi connectivity index (χ3n) is 1.23. The van der Waals surface area contributed by atoms with E-state index in [-0.39, 0.29) is 16.8 Å². The quantitative estimate of drug-likeness (QED) is 0.494. The van der Waals surface area contributed by atoms with Crippen LogP contribution in [0.3, 0.4) is 0 Å². The largest absolute Gasteiger partial charge is 0.508 e. The Morgan fingerprint density at radius 3 is 2.42 bits per heavy atom. The normalized spacial score (nSPS) is 8.17. The number of carbonyl (C=O) groups is 1. The van der Waals surface area contributed by atoms with Crippen LogP contribution in [0.1, 0.15) is 24.2 Å². The lowest BCUT2D eigenvalue weighted by molar-refractivity contribution is 0.112. The van der Waals surface area contributed by atoms with Gasteiger partial charge in [-0.2, -0.15) is 0 Å². The lowest BCUT2D eigenvalue weighted by Crippen LogP contribution is -2.03. The first kappa shape index (κ1) is 10.8. The topological polar surface area (TPSA) is 37.3 Å². The first-order valence-corrected chi connectivity index (χ1v) is 3.78. The molecule has 0 heterocycles. The molecule has 12 heavy (non-hydrogen) atoms. The molecule has 2 radical (unpaired) electrons. The maximum Gasteiger partial charge on any atom is 0.153 e. The second-order valence-electron chi connectivity index (χ2n) is 1.90. The van der Waals surface area contributed by atoms with Gasteiger partial charge in [0, 0.05) is 0 Å². The molecule has 0 aliphatic rings. The van der Waals surface area contributed by atoms with Crippen molar-refractivity contribution in [1.82, 2.24) is 0 Å². The Balaban J connectivity index is 0.000000561. The third-order valence-corrected chi connectivity index (χ3v) is 1.23. The zero-order valence-corrected chi connectivity index (χ0v) is 7.24. The standard InChI is InChI=1S/C7H5BO2.C2H6/c8-6-3-1-2-5(4-9)7(6)10;1-2/h1-4,10H;1-2H3. The molecule has 0 spiro atoms. The molecule has 0 unspecified atom stereocenters. The van der Waals surface area contributed by atoms with Crippen molar-refractivity contribution in [2.75, 3.05) is 0 Å². The molecule has 0 fully saturated rings. The van der Waals surface area contributed by atoms with Gasteiger partial charge in [-0.15, -0.1) is 0 Å². The zero-order valence-electron chi connectivity index (χ0n) is 7.24. The number of para-hydroxylation sites is 1. The van der Waals surface area contributed by atoms with E-state index in [9.17, 15) is 4.79 Å². The van der Waals surface area contributed by atoms with E-state index in [2.05, 4.69) is 0 Å². The van der Waals surface area contributed by atoms with Crippen molar-refractivity contribution in [1.29, 1.82) is 0 Å². The molecule has 0 aliphatic carbocycles.